The van der Waals surface area contributed by atoms with Crippen molar-refractivity contribution in [2.45, 2.75) is 25.9 Å². The maximum Gasteiger partial charge on any atom is 0.304 e. The van der Waals surface area contributed by atoms with Crippen molar-refractivity contribution in [2.24, 2.45) is 0 Å². The van der Waals surface area contributed by atoms with Crippen molar-refractivity contribution < 1.29 is 9.90 Å². The van der Waals surface area contributed by atoms with Gasteiger partial charge in [0, 0.05) is 19.6 Å². The molecular weight excluding hydrogens is 360 g/mol. The zero-order valence-electron chi connectivity index (χ0n) is 16.3. The van der Waals surface area contributed by atoms with Gasteiger partial charge in [-0.3, -0.25) is 9.69 Å². The number of carboxylic acids is 1. The highest BCUT2D eigenvalue weighted by molar-refractivity contribution is 5.66. The van der Waals surface area contributed by atoms with E-state index in [1.165, 1.54) is 11.1 Å². The molecule has 0 atom stereocenters. The van der Waals surface area contributed by atoms with Gasteiger partial charge in [0.25, 0.3) is 0 Å². The molecule has 0 fully saturated rings. The fraction of sp³-hybridized carbons (Fsp3) is 0.200. The topological polar surface area (TPSA) is 64.3 Å². The monoisotopic (exact) mass is 384 g/mol. The van der Waals surface area contributed by atoms with E-state index in [2.05, 4.69) is 47.4 Å². The van der Waals surface area contributed by atoms with E-state index >= 15 is 0 Å². The van der Waals surface area contributed by atoms with Crippen molar-refractivity contribution in [1.29, 1.82) is 5.26 Å². The lowest BCUT2D eigenvalue weighted by molar-refractivity contribution is -0.137. The average Bonchev–Trinajstić information content (AvgIpc) is 2.73. The van der Waals surface area contributed by atoms with Gasteiger partial charge in [-0.1, -0.05) is 66.7 Å². The minimum absolute atomic E-state index is 0.0850. The van der Waals surface area contributed by atoms with E-state index < -0.39 is 5.97 Å². The van der Waals surface area contributed by atoms with Crippen LogP contribution in [0.1, 0.15) is 34.2 Å². The molecule has 0 unspecified atom stereocenters. The minimum atomic E-state index is -0.807. The molecule has 0 spiro atoms. The average molecular weight is 384 g/mol. The molecule has 3 rings (SSSR count). The van der Waals surface area contributed by atoms with Crippen molar-refractivity contribution in [3.05, 3.63) is 107 Å². The highest BCUT2D eigenvalue weighted by Gasteiger charge is 2.11. The van der Waals surface area contributed by atoms with E-state index in [0.29, 0.717) is 25.2 Å². The van der Waals surface area contributed by atoms with E-state index in [9.17, 15) is 4.79 Å². The molecule has 0 aromatic heterocycles. The number of hydrogen-bond acceptors (Lipinski definition) is 3. The van der Waals surface area contributed by atoms with Crippen molar-refractivity contribution >= 4 is 5.97 Å². The van der Waals surface area contributed by atoms with Crippen LogP contribution in [0.4, 0.5) is 0 Å². The summed E-state index contributed by atoms with van der Waals surface area (Å²) in [6, 6.07) is 28.4. The molecule has 1 N–H and O–H groups in total. The summed E-state index contributed by atoms with van der Waals surface area (Å²) < 4.78 is 0. The van der Waals surface area contributed by atoms with E-state index in [4.69, 9.17) is 10.4 Å². The zero-order chi connectivity index (χ0) is 20.5. The summed E-state index contributed by atoms with van der Waals surface area (Å²) in [7, 11) is 0. The van der Waals surface area contributed by atoms with Crippen molar-refractivity contribution in [3.8, 4) is 6.07 Å². The van der Waals surface area contributed by atoms with Crippen LogP contribution in [0.5, 0.6) is 0 Å². The third-order valence-corrected chi connectivity index (χ3v) is 4.75. The lowest BCUT2D eigenvalue weighted by atomic mass is 10.0. The summed E-state index contributed by atoms with van der Waals surface area (Å²) >= 11 is 0. The molecule has 4 heteroatoms. The van der Waals surface area contributed by atoms with Gasteiger partial charge >= 0.3 is 5.97 Å². The van der Waals surface area contributed by atoms with Crippen LogP contribution in [0.2, 0.25) is 0 Å². The maximum atomic E-state index is 11.1. The quantitative estimate of drug-likeness (QED) is 0.584. The second-order valence-electron chi connectivity index (χ2n) is 7.15. The van der Waals surface area contributed by atoms with Crippen LogP contribution in [0, 0.1) is 11.3 Å². The second kappa shape index (κ2) is 10.2. The molecule has 0 radical (unpaired) electrons. The number of hydrogen-bond donors (Lipinski definition) is 1. The Labute approximate surface area is 171 Å². The number of nitrogens with zero attached hydrogens (tertiary/aromatic N) is 2. The molecule has 0 amide bonds. The standard InChI is InChI=1S/C25H24N2O2/c26-17-22-9-5-11-24(16-22)19-27(13-12-25(28)29)18-23-10-4-8-21(15-23)14-20-6-2-1-3-7-20/h1-11,15-16H,12-14,18-19H2,(H,28,29). The molecule has 29 heavy (non-hydrogen) atoms. The van der Waals surface area contributed by atoms with E-state index in [-0.39, 0.29) is 6.42 Å². The van der Waals surface area contributed by atoms with Crippen LogP contribution in [0.25, 0.3) is 0 Å². The van der Waals surface area contributed by atoms with Crippen LogP contribution in [0.3, 0.4) is 0 Å². The lowest BCUT2D eigenvalue weighted by Gasteiger charge is -2.22. The third kappa shape index (κ3) is 6.60. The first-order valence-corrected chi connectivity index (χ1v) is 9.67. The van der Waals surface area contributed by atoms with E-state index in [0.717, 1.165) is 17.5 Å². The van der Waals surface area contributed by atoms with Crippen molar-refractivity contribution in [3.63, 3.8) is 0 Å². The highest BCUT2D eigenvalue weighted by Crippen LogP contribution is 2.16. The fourth-order valence-corrected chi connectivity index (χ4v) is 3.39. The Morgan fingerprint density at radius 2 is 1.45 bits per heavy atom. The first-order valence-electron chi connectivity index (χ1n) is 9.67. The van der Waals surface area contributed by atoms with Crippen molar-refractivity contribution in [1.82, 2.24) is 4.90 Å². The Bertz CT molecular complexity index is 993. The lowest BCUT2D eigenvalue weighted by Crippen LogP contribution is -2.25. The van der Waals surface area contributed by atoms with Crippen LogP contribution in [-0.2, 0) is 24.3 Å². The van der Waals surface area contributed by atoms with E-state index in [1.807, 2.05) is 36.4 Å². The van der Waals surface area contributed by atoms with Gasteiger partial charge in [-0.25, -0.2) is 0 Å². The van der Waals surface area contributed by atoms with Crippen LogP contribution in [0.15, 0.2) is 78.9 Å². The molecule has 146 valence electrons. The van der Waals surface area contributed by atoms with Gasteiger partial charge in [-0.15, -0.1) is 0 Å². The number of carbonyl (C=O) groups is 1. The molecule has 4 nitrogen and oxygen atoms in total. The van der Waals surface area contributed by atoms with Gasteiger partial charge in [-0.05, 0) is 40.8 Å². The second-order valence-corrected chi connectivity index (χ2v) is 7.15. The molecule has 0 saturated carbocycles. The summed E-state index contributed by atoms with van der Waals surface area (Å²) in [5, 5.41) is 18.2. The van der Waals surface area contributed by atoms with Gasteiger partial charge in [0.05, 0.1) is 18.1 Å². The summed E-state index contributed by atoms with van der Waals surface area (Å²) in [5.74, 6) is -0.807. The summed E-state index contributed by atoms with van der Waals surface area (Å²) in [4.78, 5) is 13.2. The Kier molecular flexibility index (Phi) is 7.16. The molecular formula is C25H24N2O2. The molecule has 0 aliphatic rings. The highest BCUT2D eigenvalue weighted by atomic mass is 16.4. The Hall–Kier alpha value is -3.42. The minimum Gasteiger partial charge on any atom is -0.481 e. The third-order valence-electron chi connectivity index (χ3n) is 4.75. The predicted octanol–water partition coefficient (Wildman–Crippen LogP) is 4.63. The molecule has 0 aliphatic carbocycles. The van der Waals surface area contributed by atoms with E-state index in [1.54, 1.807) is 6.07 Å². The summed E-state index contributed by atoms with van der Waals surface area (Å²) in [6.07, 6.45) is 0.954. The number of carboxylic acid groups (broad SMARTS) is 1. The Morgan fingerprint density at radius 1 is 0.828 bits per heavy atom. The predicted molar refractivity (Wildman–Crippen MR) is 113 cm³/mol. The number of rotatable bonds is 9. The molecule has 3 aromatic carbocycles. The first-order chi connectivity index (χ1) is 14.1. The van der Waals surface area contributed by atoms with Crippen molar-refractivity contribution in [2.75, 3.05) is 6.54 Å². The summed E-state index contributed by atoms with van der Waals surface area (Å²) in [5.41, 5.74) is 5.28. The fourth-order valence-electron chi connectivity index (χ4n) is 3.39. The number of aliphatic carboxylic acids is 1. The molecule has 0 saturated heterocycles. The Morgan fingerprint density at radius 3 is 2.14 bits per heavy atom. The maximum absolute atomic E-state index is 11.1. The first kappa shape index (κ1) is 20.3. The van der Waals surface area contributed by atoms with Crippen LogP contribution in [-0.4, -0.2) is 22.5 Å². The number of nitriles is 1. The van der Waals surface area contributed by atoms with Gasteiger partial charge in [-0.2, -0.15) is 5.26 Å². The van der Waals surface area contributed by atoms with Gasteiger partial charge < -0.3 is 5.11 Å². The van der Waals surface area contributed by atoms with Gasteiger partial charge in [0.1, 0.15) is 0 Å². The summed E-state index contributed by atoms with van der Waals surface area (Å²) in [6.45, 7) is 1.72. The van der Waals surface area contributed by atoms with Crippen LogP contribution < -0.4 is 0 Å². The molecule has 0 bridgehead atoms. The normalized spacial score (nSPS) is 10.6. The largest absolute Gasteiger partial charge is 0.481 e. The van der Waals surface area contributed by atoms with Gasteiger partial charge in [0.2, 0.25) is 0 Å². The molecule has 3 aromatic rings. The van der Waals surface area contributed by atoms with Crippen LogP contribution >= 0.6 is 0 Å². The SMILES string of the molecule is N#Cc1cccc(CN(CCC(=O)O)Cc2cccc(Cc3ccccc3)c2)c1. The smallest absolute Gasteiger partial charge is 0.304 e. The van der Waals surface area contributed by atoms with Gasteiger partial charge in [0.15, 0.2) is 0 Å². The Balaban J connectivity index is 1.73. The molecule has 0 heterocycles. The number of benzene rings is 3. The zero-order valence-corrected chi connectivity index (χ0v) is 16.3. The molecule has 0 aliphatic heterocycles.